The van der Waals surface area contributed by atoms with Crippen LogP contribution in [0.3, 0.4) is 0 Å². The third-order valence-corrected chi connectivity index (χ3v) is 8.17. The molecule has 0 unspecified atom stereocenters. The molecule has 1 fully saturated rings. The van der Waals surface area contributed by atoms with Crippen LogP contribution in [0.2, 0.25) is 0 Å². The minimum absolute atomic E-state index is 0.00638. The van der Waals surface area contributed by atoms with E-state index in [0.29, 0.717) is 30.1 Å². The van der Waals surface area contributed by atoms with Gasteiger partial charge in [0.15, 0.2) is 5.78 Å². The Bertz CT molecular complexity index is 2000. The van der Waals surface area contributed by atoms with Gasteiger partial charge in [0.1, 0.15) is 29.9 Å². The molecule has 0 bridgehead atoms. The lowest BCUT2D eigenvalue weighted by molar-refractivity contribution is 0.101. The summed E-state index contributed by atoms with van der Waals surface area (Å²) in [5, 5.41) is 8.93. The third kappa shape index (κ3) is 5.91. The van der Waals surface area contributed by atoms with E-state index in [1.807, 2.05) is 10.6 Å². The zero-order chi connectivity index (χ0) is 31.9. The van der Waals surface area contributed by atoms with Crippen molar-refractivity contribution in [3.05, 3.63) is 112 Å². The van der Waals surface area contributed by atoms with Gasteiger partial charge in [-0.1, -0.05) is 26.0 Å². The lowest BCUT2D eigenvalue weighted by Gasteiger charge is -2.28. The molecule has 5 aromatic rings. The number of ether oxygens (including phenoxy) is 2. The number of ketones is 1. The van der Waals surface area contributed by atoms with Crippen LogP contribution in [-0.2, 0) is 17.8 Å². The van der Waals surface area contributed by atoms with Gasteiger partial charge in [0.25, 0.3) is 0 Å². The lowest BCUT2D eigenvalue weighted by Crippen LogP contribution is -2.27. The minimum Gasteiger partial charge on any atom is -0.473 e. The Morgan fingerprint density at radius 3 is 2.53 bits per heavy atom. The van der Waals surface area contributed by atoms with Gasteiger partial charge in [-0.15, -0.1) is 0 Å². The van der Waals surface area contributed by atoms with E-state index >= 15 is 8.78 Å². The van der Waals surface area contributed by atoms with E-state index in [-0.39, 0.29) is 64.1 Å². The lowest BCUT2D eigenvalue weighted by atomic mass is 9.87. The Kier molecular flexibility index (Phi) is 7.89. The number of nitrogens with zero attached hydrogens (tertiary/aromatic N) is 4. The summed E-state index contributed by atoms with van der Waals surface area (Å²) in [6.07, 6.45) is 0.00638. The first-order valence-electron chi connectivity index (χ1n) is 14.4. The highest BCUT2D eigenvalue weighted by atomic mass is 19.1. The molecule has 1 atom stereocenters. The van der Waals surface area contributed by atoms with Crippen molar-refractivity contribution in [3.8, 4) is 23.2 Å². The number of rotatable bonds is 8. The Morgan fingerprint density at radius 2 is 1.82 bits per heavy atom. The predicted octanol–water partition coefficient (Wildman–Crippen LogP) is 7.36. The fraction of sp³-hybridized carbons (Fsp3) is 0.257. The third-order valence-electron chi connectivity index (χ3n) is 8.17. The summed E-state index contributed by atoms with van der Waals surface area (Å²) in [5.41, 5.74) is 2.27. The average molecular weight is 611 g/mol. The molecule has 0 spiro atoms. The number of Topliss-reactive ketones (excluding diaryl/α,β-unsaturated/α-hetero) is 1. The van der Waals surface area contributed by atoms with Gasteiger partial charge >= 0.3 is 0 Å². The van der Waals surface area contributed by atoms with E-state index in [2.05, 4.69) is 18.8 Å². The number of benzene rings is 3. The molecule has 45 heavy (non-hydrogen) atoms. The number of hydrogen-bond acceptors (Lipinski definition) is 6. The fourth-order valence-corrected chi connectivity index (χ4v) is 5.63. The smallest absolute Gasteiger partial charge is 0.214 e. The van der Waals surface area contributed by atoms with Crippen LogP contribution in [0.15, 0.2) is 66.7 Å². The van der Waals surface area contributed by atoms with E-state index in [0.717, 1.165) is 23.7 Å². The Labute approximate surface area is 257 Å². The van der Waals surface area contributed by atoms with E-state index < -0.39 is 17.5 Å². The molecule has 228 valence electrons. The number of hydrogen-bond donors (Lipinski definition) is 0. The largest absolute Gasteiger partial charge is 0.473 e. The summed E-state index contributed by atoms with van der Waals surface area (Å²) in [6, 6.07) is 17.9. The summed E-state index contributed by atoms with van der Waals surface area (Å²) in [5.74, 6) is -1.36. The minimum atomic E-state index is -0.680. The first-order valence-corrected chi connectivity index (χ1v) is 14.4. The molecule has 7 nitrogen and oxygen atoms in total. The number of carbonyl (C=O) groups excluding carboxylic acids is 1. The van der Waals surface area contributed by atoms with Crippen molar-refractivity contribution in [2.75, 3.05) is 13.2 Å². The molecule has 1 aliphatic heterocycles. The van der Waals surface area contributed by atoms with Gasteiger partial charge in [-0.3, -0.25) is 4.79 Å². The Balaban J connectivity index is 1.30. The van der Waals surface area contributed by atoms with Gasteiger partial charge in [-0.25, -0.2) is 23.1 Å². The number of fused-ring (bicyclic) bond motifs is 1. The summed E-state index contributed by atoms with van der Waals surface area (Å²) in [4.78, 5) is 21.2. The second kappa shape index (κ2) is 11.8. The zero-order valence-electron chi connectivity index (χ0n) is 24.9. The van der Waals surface area contributed by atoms with E-state index in [1.165, 1.54) is 31.2 Å². The molecule has 10 heteroatoms. The van der Waals surface area contributed by atoms with Gasteiger partial charge in [0, 0.05) is 34.6 Å². The summed E-state index contributed by atoms with van der Waals surface area (Å²) < 4.78 is 58.9. The molecule has 1 saturated heterocycles. The maximum absolute atomic E-state index is 15.7. The van der Waals surface area contributed by atoms with Crippen LogP contribution in [0.25, 0.3) is 22.3 Å². The molecule has 0 aliphatic carbocycles. The summed E-state index contributed by atoms with van der Waals surface area (Å²) in [7, 11) is 0. The zero-order valence-corrected chi connectivity index (χ0v) is 24.9. The number of imidazole rings is 1. The Morgan fingerprint density at radius 1 is 1.02 bits per heavy atom. The van der Waals surface area contributed by atoms with Crippen molar-refractivity contribution >= 4 is 16.8 Å². The molecular weight excluding hydrogens is 581 g/mol. The van der Waals surface area contributed by atoms with Crippen LogP contribution >= 0.6 is 0 Å². The molecular formula is C35H29F3N4O3. The molecule has 6 rings (SSSR count). The van der Waals surface area contributed by atoms with Crippen molar-refractivity contribution in [2.45, 2.75) is 39.8 Å². The highest BCUT2D eigenvalue weighted by Crippen LogP contribution is 2.40. The second-order valence-electron chi connectivity index (χ2n) is 11.8. The van der Waals surface area contributed by atoms with Crippen LogP contribution in [0.4, 0.5) is 13.2 Å². The SMILES string of the molecule is CC(=O)c1ccc2nc(Cc3cc(F)c(-c4cccc(OCc5ccc(C#N)cc5F)n4)cc3F)n([C@@H]3COCC3(C)C)c2c1. The highest BCUT2D eigenvalue weighted by molar-refractivity contribution is 5.97. The number of carbonyl (C=O) groups is 1. The molecule has 0 N–H and O–H groups in total. The monoisotopic (exact) mass is 610 g/mol. The summed E-state index contributed by atoms with van der Waals surface area (Å²) in [6.45, 7) is 6.44. The average Bonchev–Trinajstić information content (AvgIpc) is 3.55. The van der Waals surface area contributed by atoms with Crippen LogP contribution in [-0.4, -0.2) is 33.5 Å². The number of halogens is 3. The van der Waals surface area contributed by atoms with Gasteiger partial charge in [0.05, 0.1) is 47.6 Å². The second-order valence-corrected chi connectivity index (χ2v) is 11.8. The topological polar surface area (TPSA) is 90.0 Å². The molecule has 0 amide bonds. The molecule has 1 aliphatic rings. The normalized spacial score (nSPS) is 15.7. The molecule has 2 aromatic heterocycles. The quantitative estimate of drug-likeness (QED) is 0.171. The Hall–Kier alpha value is -5.01. The van der Waals surface area contributed by atoms with Crippen LogP contribution < -0.4 is 4.74 Å². The van der Waals surface area contributed by atoms with Crippen LogP contribution in [0.1, 0.15) is 59.7 Å². The molecule has 0 radical (unpaired) electrons. The van der Waals surface area contributed by atoms with Crippen molar-refractivity contribution in [1.82, 2.24) is 14.5 Å². The van der Waals surface area contributed by atoms with Gasteiger partial charge in [0.2, 0.25) is 5.88 Å². The van der Waals surface area contributed by atoms with Crippen molar-refractivity contribution < 1.29 is 27.4 Å². The number of aromatic nitrogens is 3. The maximum atomic E-state index is 15.7. The standard InChI is InChI=1S/C35H29F3N4O3/c1-20(43)22-9-10-30-31(13-22)42(32-18-44-19-35(32,2)3)33(40-30)14-24-12-28(38)25(15-27(24)37)29-5-4-6-34(41-29)45-17-23-8-7-21(16-39)11-26(23)36/h4-13,15,32H,14,17-19H2,1-3H3/t32-/m1/s1. The first kappa shape index (κ1) is 30.0. The molecule has 0 saturated carbocycles. The van der Waals surface area contributed by atoms with Crippen LogP contribution in [0, 0.1) is 34.2 Å². The fourth-order valence-electron chi connectivity index (χ4n) is 5.63. The van der Waals surface area contributed by atoms with Gasteiger partial charge in [-0.2, -0.15) is 5.26 Å². The van der Waals surface area contributed by atoms with E-state index in [1.54, 1.807) is 24.3 Å². The number of nitriles is 1. The molecule has 3 aromatic carbocycles. The van der Waals surface area contributed by atoms with Crippen LogP contribution in [0.5, 0.6) is 5.88 Å². The number of pyridine rings is 1. The van der Waals surface area contributed by atoms with E-state index in [9.17, 15) is 9.18 Å². The maximum Gasteiger partial charge on any atom is 0.214 e. The summed E-state index contributed by atoms with van der Waals surface area (Å²) >= 11 is 0. The molecule has 3 heterocycles. The van der Waals surface area contributed by atoms with Crippen molar-refractivity contribution in [1.29, 1.82) is 5.26 Å². The van der Waals surface area contributed by atoms with Gasteiger partial charge in [-0.05, 0) is 61.0 Å². The first-order chi connectivity index (χ1) is 21.5. The van der Waals surface area contributed by atoms with E-state index in [4.69, 9.17) is 19.7 Å². The van der Waals surface area contributed by atoms with Gasteiger partial charge < -0.3 is 14.0 Å². The van der Waals surface area contributed by atoms with Crippen molar-refractivity contribution in [2.24, 2.45) is 5.41 Å². The predicted molar refractivity (Wildman–Crippen MR) is 161 cm³/mol. The van der Waals surface area contributed by atoms with Crippen molar-refractivity contribution in [3.63, 3.8) is 0 Å². The highest BCUT2D eigenvalue weighted by Gasteiger charge is 2.39.